The van der Waals surface area contributed by atoms with Crippen LogP contribution in [0.2, 0.25) is 0 Å². The number of rotatable bonds is 3. The Morgan fingerprint density at radius 2 is 2.05 bits per heavy atom. The van der Waals surface area contributed by atoms with Crippen molar-refractivity contribution in [3.05, 3.63) is 54.0 Å². The maximum atomic E-state index is 8.96. The lowest BCUT2D eigenvalue weighted by Gasteiger charge is -2.07. The van der Waals surface area contributed by atoms with E-state index in [1.54, 1.807) is 6.20 Å². The molecule has 3 aromatic rings. The number of hydrogen-bond donors (Lipinski definition) is 1. The first-order valence-corrected chi connectivity index (χ1v) is 6.32. The third kappa shape index (κ3) is 2.02. The van der Waals surface area contributed by atoms with Gasteiger partial charge in [-0.3, -0.25) is 4.57 Å². The summed E-state index contributed by atoms with van der Waals surface area (Å²) in [5.41, 5.74) is 8.37. The van der Waals surface area contributed by atoms with E-state index in [2.05, 4.69) is 16.0 Å². The molecule has 3 rings (SSSR count). The van der Waals surface area contributed by atoms with Crippen molar-refractivity contribution in [2.24, 2.45) is 5.73 Å². The van der Waals surface area contributed by atoms with Gasteiger partial charge >= 0.3 is 0 Å². The lowest BCUT2D eigenvalue weighted by Crippen LogP contribution is -2.04. The Kier molecular flexibility index (Phi) is 3.15. The largest absolute Gasteiger partial charge is 0.326 e. The minimum atomic E-state index is 0.245. The van der Waals surface area contributed by atoms with Gasteiger partial charge in [0, 0.05) is 12.7 Å². The first-order valence-electron chi connectivity index (χ1n) is 6.32. The van der Waals surface area contributed by atoms with Crippen LogP contribution in [0.4, 0.5) is 0 Å². The molecule has 0 atom stereocenters. The average Bonchev–Trinajstić information content (AvgIpc) is 2.86. The monoisotopic (exact) mass is 263 g/mol. The third-order valence-electron chi connectivity index (χ3n) is 3.14. The number of imidazole rings is 1. The zero-order valence-corrected chi connectivity index (χ0v) is 10.8. The number of para-hydroxylation sites is 2. The molecule has 0 bridgehead atoms. The molecule has 0 radical (unpaired) electrons. The van der Waals surface area contributed by atoms with E-state index in [0.717, 1.165) is 22.4 Å². The second-order valence-corrected chi connectivity index (χ2v) is 4.42. The lowest BCUT2D eigenvalue weighted by atomic mass is 10.3. The van der Waals surface area contributed by atoms with Crippen molar-refractivity contribution in [3.8, 4) is 11.9 Å². The summed E-state index contributed by atoms with van der Waals surface area (Å²) in [6, 6.07) is 13.8. The SMILES string of the molecule is N#CCc1nc2ccccc2n1-c1ccc(CN)cn1. The predicted octanol–water partition coefficient (Wildman–Crippen LogP) is 1.95. The second-order valence-electron chi connectivity index (χ2n) is 4.42. The number of fused-ring (bicyclic) bond motifs is 1. The molecule has 2 aromatic heterocycles. The van der Waals surface area contributed by atoms with E-state index < -0.39 is 0 Å². The predicted molar refractivity (Wildman–Crippen MR) is 76.1 cm³/mol. The first-order chi connectivity index (χ1) is 9.83. The molecule has 1 aromatic carbocycles. The fraction of sp³-hybridized carbons (Fsp3) is 0.133. The number of pyridine rings is 1. The number of benzene rings is 1. The molecule has 98 valence electrons. The van der Waals surface area contributed by atoms with Crippen molar-refractivity contribution >= 4 is 11.0 Å². The topological polar surface area (TPSA) is 80.5 Å². The number of nitriles is 1. The van der Waals surface area contributed by atoms with Gasteiger partial charge in [-0.1, -0.05) is 18.2 Å². The Morgan fingerprint density at radius 1 is 1.20 bits per heavy atom. The van der Waals surface area contributed by atoms with Crippen LogP contribution in [0.3, 0.4) is 0 Å². The van der Waals surface area contributed by atoms with Crippen LogP contribution >= 0.6 is 0 Å². The summed E-state index contributed by atoms with van der Waals surface area (Å²) in [6.45, 7) is 0.461. The molecular formula is C15H13N5. The summed E-state index contributed by atoms with van der Waals surface area (Å²) in [5.74, 6) is 1.45. The standard InChI is InChI=1S/C15H13N5/c16-8-7-15-19-12-3-1-2-4-13(12)20(15)14-6-5-11(9-17)10-18-14/h1-6,10H,7,9,17H2. The molecule has 20 heavy (non-hydrogen) atoms. The van der Waals surface area contributed by atoms with Crippen LogP contribution in [0, 0.1) is 11.3 Å². The Labute approximate surface area is 116 Å². The Morgan fingerprint density at radius 3 is 2.75 bits per heavy atom. The van der Waals surface area contributed by atoms with Gasteiger partial charge in [-0.2, -0.15) is 5.26 Å². The molecule has 0 amide bonds. The fourth-order valence-corrected chi connectivity index (χ4v) is 2.19. The summed E-state index contributed by atoms with van der Waals surface area (Å²) >= 11 is 0. The van der Waals surface area contributed by atoms with Crippen molar-refractivity contribution in [2.45, 2.75) is 13.0 Å². The second kappa shape index (κ2) is 5.11. The van der Waals surface area contributed by atoms with E-state index in [1.807, 2.05) is 41.0 Å². The van der Waals surface area contributed by atoms with Crippen molar-refractivity contribution in [2.75, 3.05) is 0 Å². The highest BCUT2D eigenvalue weighted by Gasteiger charge is 2.12. The molecule has 0 saturated carbocycles. The summed E-state index contributed by atoms with van der Waals surface area (Å²) in [5, 5.41) is 8.96. The zero-order chi connectivity index (χ0) is 13.9. The van der Waals surface area contributed by atoms with Gasteiger partial charge in [-0.15, -0.1) is 0 Å². The third-order valence-corrected chi connectivity index (χ3v) is 3.14. The van der Waals surface area contributed by atoms with Crippen LogP contribution in [0.25, 0.3) is 16.9 Å². The van der Waals surface area contributed by atoms with Gasteiger partial charge in [-0.05, 0) is 23.8 Å². The quantitative estimate of drug-likeness (QED) is 0.783. The maximum absolute atomic E-state index is 8.96. The Balaban J connectivity index is 2.21. The van der Waals surface area contributed by atoms with Gasteiger partial charge in [-0.25, -0.2) is 9.97 Å². The Bertz CT molecular complexity index is 780. The lowest BCUT2D eigenvalue weighted by molar-refractivity contribution is 0.914. The van der Waals surface area contributed by atoms with Gasteiger partial charge < -0.3 is 5.73 Å². The van der Waals surface area contributed by atoms with Crippen molar-refractivity contribution < 1.29 is 0 Å². The van der Waals surface area contributed by atoms with E-state index in [-0.39, 0.29) is 6.42 Å². The van der Waals surface area contributed by atoms with Crippen molar-refractivity contribution in [3.63, 3.8) is 0 Å². The van der Waals surface area contributed by atoms with Gasteiger partial charge in [0.2, 0.25) is 0 Å². The fourth-order valence-electron chi connectivity index (χ4n) is 2.19. The van der Waals surface area contributed by atoms with Crippen LogP contribution in [0.1, 0.15) is 11.4 Å². The van der Waals surface area contributed by atoms with E-state index in [9.17, 15) is 0 Å². The van der Waals surface area contributed by atoms with E-state index in [4.69, 9.17) is 11.0 Å². The molecule has 2 N–H and O–H groups in total. The van der Waals surface area contributed by atoms with E-state index in [0.29, 0.717) is 12.4 Å². The van der Waals surface area contributed by atoms with Gasteiger partial charge in [0.25, 0.3) is 0 Å². The van der Waals surface area contributed by atoms with Crippen LogP contribution in [0.15, 0.2) is 42.6 Å². The van der Waals surface area contributed by atoms with Crippen LogP contribution in [-0.4, -0.2) is 14.5 Å². The zero-order valence-electron chi connectivity index (χ0n) is 10.8. The summed E-state index contributed by atoms with van der Waals surface area (Å²) in [4.78, 5) is 8.92. The molecule has 0 aliphatic rings. The summed E-state index contributed by atoms with van der Waals surface area (Å²) < 4.78 is 1.92. The van der Waals surface area contributed by atoms with Crippen LogP contribution in [0.5, 0.6) is 0 Å². The van der Waals surface area contributed by atoms with Gasteiger partial charge in [0.15, 0.2) is 0 Å². The normalized spacial score (nSPS) is 10.6. The van der Waals surface area contributed by atoms with Crippen LogP contribution < -0.4 is 5.73 Å². The summed E-state index contributed by atoms with van der Waals surface area (Å²) in [6.07, 6.45) is 2.00. The van der Waals surface area contributed by atoms with Gasteiger partial charge in [0.1, 0.15) is 11.6 Å². The number of aromatic nitrogens is 3. The highest BCUT2D eigenvalue weighted by Crippen LogP contribution is 2.20. The molecule has 5 heteroatoms. The summed E-state index contributed by atoms with van der Waals surface area (Å²) in [7, 11) is 0. The molecule has 5 nitrogen and oxygen atoms in total. The maximum Gasteiger partial charge on any atom is 0.138 e. The highest BCUT2D eigenvalue weighted by molar-refractivity contribution is 5.77. The number of hydrogen-bond acceptors (Lipinski definition) is 4. The van der Waals surface area contributed by atoms with E-state index >= 15 is 0 Å². The first kappa shape index (κ1) is 12.3. The van der Waals surface area contributed by atoms with Crippen molar-refractivity contribution in [1.82, 2.24) is 14.5 Å². The minimum Gasteiger partial charge on any atom is -0.326 e. The average molecular weight is 263 g/mol. The molecule has 0 unspecified atom stereocenters. The van der Waals surface area contributed by atoms with E-state index in [1.165, 1.54) is 0 Å². The molecule has 2 heterocycles. The minimum absolute atomic E-state index is 0.245. The highest BCUT2D eigenvalue weighted by atomic mass is 15.1. The Hall–Kier alpha value is -2.71. The number of nitrogens with two attached hydrogens (primary N) is 1. The van der Waals surface area contributed by atoms with Gasteiger partial charge in [0.05, 0.1) is 23.5 Å². The van der Waals surface area contributed by atoms with Crippen molar-refractivity contribution in [1.29, 1.82) is 5.26 Å². The number of nitrogens with zero attached hydrogens (tertiary/aromatic N) is 4. The molecular weight excluding hydrogens is 250 g/mol. The van der Waals surface area contributed by atoms with Crippen LogP contribution in [-0.2, 0) is 13.0 Å². The molecule has 0 spiro atoms. The molecule has 0 aliphatic carbocycles. The molecule has 0 aliphatic heterocycles. The molecule has 0 saturated heterocycles. The molecule has 0 fully saturated rings. The smallest absolute Gasteiger partial charge is 0.138 e.